The Morgan fingerprint density at radius 1 is 0.318 bits per heavy atom. The molecule has 0 heteroatoms. The highest BCUT2D eigenvalue weighted by molar-refractivity contribution is 6.27. The summed E-state index contributed by atoms with van der Waals surface area (Å²) in [6, 6.07) is 56.0. The summed E-state index contributed by atoms with van der Waals surface area (Å²) in [5.41, 5.74) is 11.5. The van der Waals surface area contributed by atoms with Crippen LogP contribution in [0.25, 0.3) is 76.8 Å². The second-order valence-electron chi connectivity index (χ2n) is 13.0. The van der Waals surface area contributed by atoms with E-state index < -0.39 is 0 Å². The van der Waals surface area contributed by atoms with Crippen LogP contribution in [-0.2, 0) is 5.41 Å². The predicted molar refractivity (Wildman–Crippen MR) is 191 cm³/mol. The molecule has 210 valence electrons. The maximum Gasteiger partial charge on any atom is -0.00203 e. The molecular formula is C44H34. The quantitative estimate of drug-likeness (QED) is 0.187. The zero-order valence-corrected chi connectivity index (χ0v) is 25.4. The van der Waals surface area contributed by atoms with E-state index in [9.17, 15) is 0 Å². The van der Waals surface area contributed by atoms with Crippen LogP contribution in [0.15, 0.2) is 152 Å². The molecule has 0 fully saturated rings. The standard InChI is InChI=1S/C44H34/c1-44(2,3)37-23-17-34(18-24-37)39-26-20-36-21-27-40-38(25-19-35-22-28-41(39)43(36)42(35)40)33-15-13-32(14-16-33)31-11-9-30(10-12-31)29-7-5-4-6-8-29/h4-28H,1-3H3. The number of hydrogen-bond acceptors (Lipinski definition) is 0. The minimum atomic E-state index is 0.142. The topological polar surface area (TPSA) is 0 Å². The van der Waals surface area contributed by atoms with E-state index in [4.69, 9.17) is 0 Å². The molecule has 0 aliphatic carbocycles. The SMILES string of the molecule is CC(C)(C)c1ccc(-c2ccc3ccc4c(-c5ccc(-c6ccc(-c7ccccc7)cc6)cc5)ccc5ccc2c3c54)cc1. The van der Waals surface area contributed by atoms with Crippen molar-refractivity contribution < 1.29 is 0 Å². The van der Waals surface area contributed by atoms with Crippen molar-refractivity contribution in [1.29, 1.82) is 0 Å². The first-order valence-electron chi connectivity index (χ1n) is 15.5. The van der Waals surface area contributed by atoms with Gasteiger partial charge in [-0.2, -0.15) is 0 Å². The molecule has 0 heterocycles. The van der Waals surface area contributed by atoms with Gasteiger partial charge in [-0.25, -0.2) is 0 Å². The minimum Gasteiger partial charge on any atom is -0.0622 e. The van der Waals surface area contributed by atoms with E-state index in [0.29, 0.717) is 0 Å². The van der Waals surface area contributed by atoms with E-state index in [1.165, 1.54) is 82.4 Å². The van der Waals surface area contributed by atoms with Crippen molar-refractivity contribution in [3.8, 4) is 44.5 Å². The Morgan fingerprint density at radius 3 is 1.11 bits per heavy atom. The largest absolute Gasteiger partial charge is 0.0622 e. The first kappa shape index (κ1) is 26.4. The molecule has 0 saturated heterocycles. The summed E-state index contributed by atoms with van der Waals surface area (Å²) >= 11 is 0. The minimum absolute atomic E-state index is 0.142. The van der Waals surface area contributed by atoms with Crippen LogP contribution in [-0.4, -0.2) is 0 Å². The smallest absolute Gasteiger partial charge is 0.00203 e. The van der Waals surface area contributed by atoms with Crippen molar-refractivity contribution >= 4 is 32.3 Å². The van der Waals surface area contributed by atoms with Gasteiger partial charge in [-0.1, -0.05) is 172 Å². The van der Waals surface area contributed by atoms with Crippen LogP contribution in [0.5, 0.6) is 0 Å². The fraction of sp³-hybridized carbons (Fsp3) is 0.0909. The highest BCUT2D eigenvalue weighted by Gasteiger charge is 2.17. The second-order valence-corrected chi connectivity index (χ2v) is 13.0. The summed E-state index contributed by atoms with van der Waals surface area (Å²) in [6.45, 7) is 6.81. The van der Waals surface area contributed by atoms with Crippen LogP contribution < -0.4 is 0 Å². The molecule has 8 aromatic rings. The third-order valence-corrected chi connectivity index (χ3v) is 9.25. The van der Waals surface area contributed by atoms with Gasteiger partial charge in [-0.05, 0) is 87.8 Å². The highest BCUT2D eigenvalue weighted by Crippen LogP contribution is 2.42. The molecule has 0 amide bonds. The maximum absolute atomic E-state index is 2.31. The molecule has 0 aliphatic rings. The van der Waals surface area contributed by atoms with E-state index in [2.05, 4.69) is 172 Å². The highest BCUT2D eigenvalue weighted by atomic mass is 14.2. The Hall–Kier alpha value is -5.20. The third kappa shape index (κ3) is 4.46. The van der Waals surface area contributed by atoms with Crippen LogP contribution in [0.3, 0.4) is 0 Å². The molecule has 8 rings (SSSR count). The Balaban J connectivity index is 1.19. The van der Waals surface area contributed by atoms with Gasteiger partial charge in [0.05, 0.1) is 0 Å². The average Bonchev–Trinajstić information content (AvgIpc) is 3.07. The zero-order chi connectivity index (χ0) is 29.8. The molecule has 8 aromatic carbocycles. The molecule has 0 unspecified atom stereocenters. The van der Waals surface area contributed by atoms with Crippen LogP contribution in [0.1, 0.15) is 26.3 Å². The lowest BCUT2D eigenvalue weighted by Crippen LogP contribution is -2.10. The van der Waals surface area contributed by atoms with E-state index in [-0.39, 0.29) is 5.41 Å². The molecule has 0 aromatic heterocycles. The number of rotatable bonds is 4. The summed E-state index contributed by atoms with van der Waals surface area (Å²) < 4.78 is 0. The summed E-state index contributed by atoms with van der Waals surface area (Å²) in [7, 11) is 0. The first-order chi connectivity index (χ1) is 21.4. The van der Waals surface area contributed by atoms with Crippen LogP contribution >= 0.6 is 0 Å². The van der Waals surface area contributed by atoms with Crippen molar-refractivity contribution in [2.24, 2.45) is 0 Å². The number of hydrogen-bond donors (Lipinski definition) is 0. The molecule has 0 bridgehead atoms. The number of benzene rings is 8. The lowest BCUT2D eigenvalue weighted by Gasteiger charge is -2.20. The lowest BCUT2D eigenvalue weighted by atomic mass is 9.85. The van der Waals surface area contributed by atoms with Gasteiger partial charge in [-0.15, -0.1) is 0 Å². The fourth-order valence-electron chi connectivity index (χ4n) is 6.78. The van der Waals surface area contributed by atoms with Crippen LogP contribution in [0.4, 0.5) is 0 Å². The maximum atomic E-state index is 2.31. The third-order valence-electron chi connectivity index (χ3n) is 9.25. The Labute approximate surface area is 259 Å². The summed E-state index contributed by atoms with van der Waals surface area (Å²) in [6.07, 6.45) is 0. The first-order valence-corrected chi connectivity index (χ1v) is 15.5. The van der Waals surface area contributed by atoms with E-state index in [0.717, 1.165) is 0 Å². The molecular weight excluding hydrogens is 528 g/mol. The predicted octanol–water partition coefficient (Wildman–Crippen LogP) is 12.5. The van der Waals surface area contributed by atoms with Gasteiger partial charge in [0.1, 0.15) is 0 Å². The average molecular weight is 563 g/mol. The van der Waals surface area contributed by atoms with E-state index >= 15 is 0 Å². The molecule has 0 aliphatic heterocycles. The monoisotopic (exact) mass is 562 g/mol. The molecule has 0 radical (unpaired) electrons. The Bertz CT molecular complexity index is 2250. The van der Waals surface area contributed by atoms with Crippen molar-refractivity contribution in [2.45, 2.75) is 26.2 Å². The van der Waals surface area contributed by atoms with Gasteiger partial charge in [0.2, 0.25) is 0 Å². The normalized spacial score (nSPS) is 12.0. The fourth-order valence-corrected chi connectivity index (χ4v) is 6.78. The molecule has 44 heavy (non-hydrogen) atoms. The van der Waals surface area contributed by atoms with Crippen molar-refractivity contribution in [3.63, 3.8) is 0 Å². The van der Waals surface area contributed by atoms with E-state index in [1.54, 1.807) is 0 Å². The van der Waals surface area contributed by atoms with Gasteiger partial charge in [0.15, 0.2) is 0 Å². The van der Waals surface area contributed by atoms with E-state index in [1.807, 2.05) is 0 Å². The Morgan fingerprint density at radius 2 is 0.682 bits per heavy atom. The summed E-state index contributed by atoms with van der Waals surface area (Å²) in [5, 5.41) is 7.91. The van der Waals surface area contributed by atoms with Gasteiger partial charge in [0.25, 0.3) is 0 Å². The van der Waals surface area contributed by atoms with Gasteiger partial charge < -0.3 is 0 Å². The van der Waals surface area contributed by atoms with Gasteiger partial charge in [-0.3, -0.25) is 0 Å². The molecule has 0 atom stereocenters. The molecule has 0 spiro atoms. The Kier molecular flexibility index (Phi) is 6.13. The van der Waals surface area contributed by atoms with Crippen molar-refractivity contribution in [3.05, 3.63) is 157 Å². The van der Waals surface area contributed by atoms with Crippen LogP contribution in [0.2, 0.25) is 0 Å². The molecule has 0 nitrogen and oxygen atoms in total. The van der Waals surface area contributed by atoms with Gasteiger partial charge >= 0.3 is 0 Å². The summed E-state index contributed by atoms with van der Waals surface area (Å²) in [5.74, 6) is 0. The summed E-state index contributed by atoms with van der Waals surface area (Å²) in [4.78, 5) is 0. The van der Waals surface area contributed by atoms with Crippen molar-refractivity contribution in [2.75, 3.05) is 0 Å². The molecule has 0 saturated carbocycles. The van der Waals surface area contributed by atoms with Crippen molar-refractivity contribution in [1.82, 2.24) is 0 Å². The van der Waals surface area contributed by atoms with Crippen LogP contribution in [0, 0.1) is 0 Å². The molecule has 0 N–H and O–H groups in total. The van der Waals surface area contributed by atoms with Gasteiger partial charge in [0, 0.05) is 0 Å². The lowest BCUT2D eigenvalue weighted by molar-refractivity contribution is 0.590. The second kappa shape index (κ2) is 10.2. The zero-order valence-electron chi connectivity index (χ0n) is 25.4.